The van der Waals surface area contributed by atoms with Gasteiger partial charge in [0, 0.05) is 24.5 Å². The van der Waals surface area contributed by atoms with Gasteiger partial charge in [-0.05, 0) is 32.8 Å². The minimum absolute atomic E-state index is 0.389. The first-order valence-electron chi connectivity index (χ1n) is 5.59. The molecule has 2 rings (SSSR count). The number of aromatic nitrogens is 2. The van der Waals surface area contributed by atoms with Crippen molar-refractivity contribution < 1.29 is 0 Å². The fourth-order valence-electron chi connectivity index (χ4n) is 1.98. The summed E-state index contributed by atoms with van der Waals surface area (Å²) in [6.07, 6.45) is 2.20. The first kappa shape index (κ1) is 11.0. The van der Waals surface area contributed by atoms with Gasteiger partial charge in [-0.3, -0.25) is 4.68 Å². The van der Waals surface area contributed by atoms with Crippen LogP contribution in [-0.2, 0) is 13.1 Å². The van der Waals surface area contributed by atoms with Crippen LogP contribution >= 0.6 is 11.6 Å². The van der Waals surface area contributed by atoms with E-state index in [-0.39, 0.29) is 0 Å². The number of hydrogen-bond acceptors (Lipinski definition) is 2. The molecule has 4 heteroatoms. The lowest BCUT2D eigenvalue weighted by atomic mass is 9.92. The molecule has 1 aromatic rings. The number of hydrogen-bond donors (Lipinski definition) is 1. The molecule has 1 aliphatic carbocycles. The zero-order valence-electron chi connectivity index (χ0n) is 9.33. The molecule has 0 unspecified atom stereocenters. The molecule has 0 saturated heterocycles. The Balaban J connectivity index is 1.87. The molecular weight excluding hydrogens is 210 g/mol. The molecule has 0 atom stereocenters. The van der Waals surface area contributed by atoms with Crippen LogP contribution in [0.4, 0.5) is 0 Å². The Hall–Kier alpha value is -0.540. The van der Waals surface area contributed by atoms with Crippen LogP contribution in [0.2, 0.25) is 0 Å². The molecular formula is C11H18ClN3. The summed E-state index contributed by atoms with van der Waals surface area (Å²) in [6.45, 7) is 6.00. The second-order valence-electron chi connectivity index (χ2n) is 4.24. The van der Waals surface area contributed by atoms with Crippen molar-refractivity contribution in [2.45, 2.75) is 51.2 Å². The normalized spacial score (nSPS) is 25.3. The van der Waals surface area contributed by atoms with E-state index in [1.54, 1.807) is 0 Å². The summed E-state index contributed by atoms with van der Waals surface area (Å²) in [5.41, 5.74) is 2.37. The molecule has 1 N–H and O–H groups in total. The van der Waals surface area contributed by atoms with Crippen LogP contribution in [0, 0.1) is 6.92 Å². The van der Waals surface area contributed by atoms with Gasteiger partial charge in [0.2, 0.25) is 0 Å². The Kier molecular flexibility index (Phi) is 3.32. The van der Waals surface area contributed by atoms with Crippen molar-refractivity contribution in [2.75, 3.05) is 0 Å². The maximum Gasteiger partial charge on any atom is 0.0597 e. The lowest BCUT2D eigenvalue weighted by Gasteiger charge is -2.31. The molecule has 0 bridgehead atoms. The molecule has 1 saturated carbocycles. The van der Waals surface area contributed by atoms with E-state index >= 15 is 0 Å². The smallest absolute Gasteiger partial charge is 0.0597 e. The first-order valence-corrected chi connectivity index (χ1v) is 6.03. The number of halogens is 1. The number of nitrogens with one attached hydrogen (secondary N) is 1. The summed E-state index contributed by atoms with van der Waals surface area (Å²) in [4.78, 5) is 0. The molecule has 1 aliphatic rings. The van der Waals surface area contributed by atoms with Gasteiger partial charge in [-0.25, -0.2) is 0 Å². The van der Waals surface area contributed by atoms with Gasteiger partial charge in [0.25, 0.3) is 0 Å². The average molecular weight is 228 g/mol. The molecule has 3 nitrogen and oxygen atoms in total. The molecule has 0 spiro atoms. The second-order valence-corrected chi connectivity index (χ2v) is 4.86. The molecule has 0 radical (unpaired) electrons. The van der Waals surface area contributed by atoms with Gasteiger partial charge in [0.05, 0.1) is 11.4 Å². The van der Waals surface area contributed by atoms with Crippen LogP contribution in [0.5, 0.6) is 0 Å². The van der Waals surface area contributed by atoms with E-state index in [2.05, 4.69) is 28.1 Å². The van der Waals surface area contributed by atoms with Gasteiger partial charge < -0.3 is 5.32 Å². The second kappa shape index (κ2) is 4.54. The molecule has 0 aliphatic heterocycles. The predicted molar refractivity (Wildman–Crippen MR) is 62.1 cm³/mol. The standard InChI is InChI=1S/C11H18ClN3/c1-3-15-11(4-8(2)14-15)7-13-10-5-9(12)6-10/h4,9-10,13H,3,5-7H2,1-2H3. The van der Waals surface area contributed by atoms with Crippen molar-refractivity contribution in [3.8, 4) is 0 Å². The molecule has 1 heterocycles. The van der Waals surface area contributed by atoms with Gasteiger partial charge in [0.15, 0.2) is 0 Å². The van der Waals surface area contributed by atoms with Crippen molar-refractivity contribution >= 4 is 11.6 Å². The van der Waals surface area contributed by atoms with E-state index in [4.69, 9.17) is 11.6 Å². The SMILES string of the molecule is CCn1nc(C)cc1CNC1CC(Cl)C1. The minimum Gasteiger partial charge on any atom is -0.308 e. The van der Waals surface area contributed by atoms with Gasteiger partial charge in [0.1, 0.15) is 0 Å². The molecule has 15 heavy (non-hydrogen) atoms. The van der Waals surface area contributed by atoms with Gasteiger partial charge in [-0.2, -0.15) is 5.10 Å². The van der Waals surface area contributed by atoms with E-state index in [1.807, 2.05) is 6.92 Å². The highest BCUT2D eigenvalue weighted by atomic mass is 35.5. The third kappa shape index (κ3) is 2.52. The lowest BCUT2D eigenvalue weighted by molar-refractivity contribution is 0.340. The van der Waals surface area contributed by atoms with Gasteiger partial charge >= 0.3 is 0 Å². The van der Waals surface area contributed by atoms with Crippen molar-refractivity contribution in [2.24, 2.45) is 0 Å². The van der Waals surface area contributed by atoms with Crippen molar-refractivity contribution in [1.82, 2.24) is 15.1 Å². The molecule has 84 valence electrons. The Bertz CT molecular complexity index is 329. The zero-order valence-corrected chi connectivity index (χ0v) is 10.1. The third-order valence-electron chi connectivity index (χ3n) is 2.94. The zero-order chi connectivity index (χ0) is 10.8. The molecule has 0 amide bonds. The molecule has 0 aromatic carbocycles. The number of alkyl halides is 1. The van der Waals surface area contributed by atoms with Crippen molar-refractivity contribution in [3.05, 3.63) is 17.5 Å². The van der Waals surface area contributed by atoms with E-state index in [1.165, 1.54) is 5.69 Å². The Morgan fingerprint density at radius 2 is 2.33 bits per heavy atom. The van der Waals surface area contributed by atoms with Crippen molar-refractivity contribution in [1.29, 1.82) is 0 Å². The van der Waals surface area contributed by atoms with Crippen LogP contribution in [0.25, 0.3) is 0 Å². The summed E-state index contributed by atoms with van der Waals surface area (Å²) in [5, 5.41) is 8.31. The van der Waals surface area contributed by atoms with E-state index in [0.29, 0.717) is 11.4 Å². The molecule has 1 aromatic heterocycles. The summed E-state index contributed by atoms with van der Waals surface area (Å²) in [7, 11) is 0. The maximum atomic E-state index is 5.93. The third-order valence-corrected chi connectivity index (χ3v) is 3.29. The number of nitrogens with zero attached hydrogens (tertiary/aromatic N) is 2. The summed E-state index contributed by atoms with van der Waals surface area (Å²) >= 11 is 5.93. The van der Waals surface area contributed by atoms with E-state index in [0.717, 1.165) is 31.6 Å². The molecule has 1 fully saturated rings. The Morgan fingerprint density at radius 1 is 1.60 bits per heavy atom. The lowest BCUT2D eigenvalue weighted by Crippen LogP contribution is -2.41. The van der Waals surface area contributed by atoms with Gasteiger partial charge in [-0.15, -0.1) is 11.6 Å². The van der Waals surface area contributed by atoms with E-state index < -0.39 is 0 Å². The van der Waals surface area contributed by atoms with Crippen molar-refractivity contribution in [3.63, 3.8) is 0 Å². The summed E-state index contributed by atoms with van der Waals surface area (Å²) in [6, 6.07) is 2.75. The summed E-state index contributed by atoms with van der Waals surface area (Å²) in [5.74, 6) is 0. The van der Waals surface area contributed by atoms with Crippen LogP contribution in [-0.4, -0.2) is 21.2 Å². The fourth-order valence-corrected chi connectivity index (χ4v) is 2.41. The first-order chi connectivity index (χ1) is 7.19. The Morgan fingerprint density at radius 3 is 2.93 bits per heavy atom. The maximum absolute atomic E-state index is 5.93. The quantitative estimate of drug-likeness (QED) is 0.799. The largest absolute Gasteiger partial charge is 0.308 e. The number of aryl methyl sites for hydroxylation is 2. The topological polar surface area (TPSA) is 29.9 Å². The van der Waals surface area contributed by atoms with Crippen LogP contribution in [0.3, 0.4) is 0 Å². The van der Waals surface area contributed by atoms with Crippen LogP contribution in [0.1, 0.15) is 31.2 Å². The van der Waals surface area contributed by atoms with Crippen LogP contribution in [0.15, 0.2) is 6.07 Å². The highest BCUT2D eigenvalue weighted by Gasteiger charge is 2.26. The highest BCUT2D eigenvalue weighted by molar-refractivity contribution is 6.21. The fraction of sp³-hybridized carbons (Fsp3) is 0.727. The predicted octanol–water partition coefficient (Wildman–Crippen LogP) is 2.07. The minimum atomic E-state index is 0.389. The monoisotopic (exact) mass is 227 g/mol. The van der Waals surface area contributed by atoms with Crippen LogP contribution < -0.4 is 5.32 Å². The van der Waals surface area contributed by atoms with Gasteiger partial charge in [-0.1, -0.05) is 0 Å². The summed E-state index contributed by atoms with van der Waals surface area (Å²) < 4.78 is 2.05. The Labute approximate surface area is 95.8 Å². The highest BCUT2D eigenvalue weighted by Crippen LogP contribution is 2.25. The number of rotatable bonds is 4. The average Bonchev–Trinajstić information content (AvgIpc) is 2.52. The van der Waals surface area contributed by atoms with E-state index in [9.17, 15) is 0 Å².